The molecule has 0 N–H and O–H groups in total. The van der Waals surface area contributed by atoms with Gasteiger partial charge in [-0.25, -0.2) is 0 Å². The van der Waals surface area contributed by atoms with Gasteiger partial charge in [-0.2, -0.15) is 0 Å². The SMILES string of the molecule is CCCC(=O)N1CCCC=C1CC(=O)OCC. The third kappa shape index (κ3) is 4.21. The number of carbonyl (C=O) groups is 2. The van der Waals surface area contributed by atoms with E-state index in [0.29, 0.717) is 13.0 Å². The second-order valence-corrected chi connectivity index (χ2v) is 4.11. The number of nitrogens with zero attached hydrogens (tertiary/aromatic N) is 1. The molecule has 1 aliphatic heterocycles. The summed E-state index contributed by atoms with van der Waals surface area (Å²) in [5.74, 6) is -0.141. The number of rotatable bonds is 5. The minimum Gasteiger partial charge on any atom is -0.466 e. The van der Waals surface area contributed by atoms with Crippen molar-refractivity contribution < 1.29 is 14.3 Å². The molecule has 4 nitrogen and oxygen atoms in total. The number of amides is 1. The van der Waals surface area contributed by atoms with Crippen LogP contribution in [0.5, 0.6) is 0 Å². The molecule has 0 spiro atoms. The van der Waals surface area contributed by atoms with E-state index in [9.17, 15) is 9.59 Å². The number of ether oxygens (including phenoxy) is 1. The molecule has 0 atom stereocenters. The molecular weight excluding hydrogens is 218 g/mol. The summed E-state index contributed by atoms with van der Waals surface area (Å²) in [5, 5.41) is 0. The van der Waals surface area contributed by atoms with Crippen LogP contribution in [0.25, 0.3) is 0 Å². The maximum Gasteiger partial charge on any atom is 0.311 e. The van der Waals surface area contributed by atoms with Gasteiger partial charge < -0.3 is 9.64 Å². The molecule has 0 fully saturated rings. The van der Waals surface area contributed by atoms with E-state index in [-0.39, 0.29) is 18.3 Å². The molecule has 0 aromatic rings. The van der Waals surface area contributed by atoms with Crippen molar-refractivity contribution in [3.05, 3.63) is 11.8 Å². The second-order valence-electron chi connectivity index (χ2n) is 4.11. The Hall–Kier alpha value is -1.32. The molecule has 0 saturated carbocycles. The monoisotopic (exact) mass is 239 g/mol. The highest BCUT2D eigenvalue weighted by Crippen LogP contribution is 2.19. The Morgan fingerprint density at radius 1 is 1.41 bits per heavy atom. The Labute approximate surface area is 103 Å². The predicted octanol–water partition coefficient (Wildman–Crippen LogP) is 2.25. The van der Waals surface area contributed by atoms with Gasteiger partial charge in [-0.05, 0) is 26.2 Å². The molecule has 0 saturated heterocycles. The number of carbonyl (C=O) groups excluding carboxylic acids is 2. The highest BCUT2D eigenvalue weighted by Gasteiger charge is 2.21. The zero-order valence-corrected chi connectivity index (χ0v) is 10.7. The second kappa shape index (κ2) is 7.09. The fraction of sp³-hybridized carbons (Fsp3) is 0.692. The molecule has 96 valence electrons. The van der Waals surface area contributed by atoms with Crippen molar-refractivity contribution >= 4 is 11.9 Å². The third-order valence-electron chi connectivity index (χ3n) is 2.71. The summed E-state index contributed by atoms with van der Waals surface area (Å²) >= 11 is 0. The first-order chi connectivity index (χ1) is 8.19. The molecule has 1 aliphatic rings. The van der Waals surface area contributed by atoms with Crippen LogP contribution in [0.1, 0.15) is 46.0 Å². The zero-order chi connectivity index (χ0) is 12.7. The average Bonchev–Trinajstić information content (AvgIpc) is 2.30. The van der Waals surface area contributed by atoms with Crippen LogP contribution in [0.15, 0.2) is 11.8 Å². The van der Waals surface area contributed by atoms with Crippen molar-refractivity contribution in [1.82, 2.24) is 4.90 Å². The van der Waals surface area contributed by atoms with Crippen LogP contribution < -0.4 is 0 Å². The summed E-state index contributed by atoms with van der Waals surface area (Å²) in [5.41, 5.74) is 0.813. The van der Waals surface area contributed by atoms with E-state index in [0.717, 1.165) is 31.5 Å². The number of hydrogen-bond acceptors (Lipinski definition) is 3. The quantitative estimate of drug-likeness (QED) is 0.691. The normalized spacial score (nSPS) is 15.4. The Morgan fingerprint density at radius 3 is 2.82 bits per heavy atom. The fourth-order valence-corrected chi connectivity index (χ4v) is 1.93. The molecule has 0 bridgehead atoms. The lowest BCUT2D eigenvalue weighted by Crippen LogP contribution is -2.34. The molecule has 1 heterocycles. The summed E-state index contributed by atoms with van der Waals surface area (Å²) in [7, 11) is 0. The first-order valence-electron chi connectivity index (χ1n) is 6.34. The maximum absolute atomic E-state index is 11.9. The van der Waals surface area contributed by atoms with Crippen molar-refractivity contribution in [3.63, 3.8) is 0 Å². The third-order valence-corrected chi connectivity index (χ3v) is 2.71. The lowest BCUT2D eigenvalue weighted by molar-refractivity contribution is -0.142. The van der Waals surface area contributed by atoms with E-state index in [1.807, 2.05) is 13.0 Å². The van der Waals surface area contributed by atoms with Crippen molar-refractivity contribution in [2.24, 2.45) is 0 Å². The van der Waals surface area contributed by atoms with Gasteiger partial charge in [-0.15, -0.1) is 0 Å². The number of esters is 1. The number of allylic oxidation sites excluding steroid dienone is 1. The largest absolute Gasteiger partial charge is 0.466 e. The fourth-order valence-electron chi connectivity index (χ4n) is 1.93. The number of hydrogen-bond donors (Lipinski definition) is 0. The smallest absolute Gasteiger partial charge is 0.311 e. The van der Waals surface area contributed by atoms with Gasteiger partial charge >= 0.3 is 5.97 Å². The van der Waals surface area contributed by atoms with Crippen molar-refractivity contribution in [3.8, 4) is 0 Å². The van der Waals surface area contributed by atoms with Crippen LogP contribution in [-0.2, 0) is 14.3 Å². The molecular formula is C13H21NO3. The summed E-state index contributed by atoms with van der Waals surface area (Å²) in [6.07, 6.45) is 5.48. The maximum atomic E-state index is 11.9. The van der Waals surface area contributed by atoms with Crippen LogP contribution in [0.3, 0.4) is 0 Å². The average molecular weight is 239 g/mol. The standard InChI is InChI=1S/C13H21NO3/c1-3-7-12(15)14-9-6-5-8-11(14)10-13(16)17-4-2/h8H,3-7,9-10H2,1-2H3. The van der Waals surface area contributed by atoms with Gasteiger partial charge in [0.25, 0.3) is 0 Å². The van der Waals surface area contributed by atoms with E-state index < -0.39 is 0 Å². The minimum absolute atomic E-state index is 0.114. The van der Waals surface area contributed by atoms with Gasteiger partial charge in [-0.1, -0.05) is 13.0 Å². The van der Waals surface area contributed by atoms with E-state index in [1.54, 1.807) is 11.8 Å². The van der Waals surface area contributed by atoms with Crippen molar-refractivity contribution in [1.29, 1.82) is 0 Å². The first-order valence-corrected chi connectivity index (χ1v) is 6.34. The lowest BCUT2D eigenvalue weighted by Gasteiger charge is -2.28. The summed E-state index contributed by atoms with van der Waals surface area (Å²) < 4.78 is 4.91. The van der Waals surface area contributed by atoms with Crippen molar-refractivity contribution in [2.75, 3.05) is 13.2 Å². The van der Waals surface area contributed by atoms with E-state index in [2.05, 4.69) is 0 Å². The van der Waals surface area contributed by atoms with Gasteiger partial charge in [-0.3, -0.25) is 9.59 Å². The highest BCUT2D eigenvalue weighted by atomic mass is 16.5. The molecule has 0 unspecified atom stereocenters. The Kier molecular flexibility index (Phi) is 5.73. The van der Waals surface area contributed by atoms with E-state index >= 15 is 0 Å². The zero-order valence-electron chi connectivity index (χ0n) is 10.7. The molecule has 17 heavy (non-hydrogen) atoms. The van der Waals surface area contributed by atoms with Crippen LogP contribution in [-0.4, -0.2) is 29.9 Å². The Morgan fingerprint density at radius 2 is 2.18 bits per heavy atom. The Bertz CT molecular complexity index is 310. The highest BCUT2D eigenvalue weighted by molar-refractivity contribution is 5.80. The van der Waals surface area contributed by atoms with Gasteiger partial charge in [0.05, 0.1) is 13.0 Å². The molecule has 0 aromatic carbocycles. The van der Waals surface area contributed by atoms with Gasteiger partial charge in [0.2, 0.25) is 5.91 Å². The summed E-state index contributed by atoms with van der Waals surface area (Å²) in [6, 6.07) is 0. The van der Waals surface area contributed by atoms with E-state index in [1.165, 1.54) is 0 Å². The topological polar surface area (TPSA) is 46.6 Å². The molecule has 1 amide bonds. The molecule has 4 heteroatoms. The van der Waals surface area contributed by atoms with Crippen LogP contribution in [0.2, 0.25) is 0 Å². The van der Waals surface area contributed by atoms with Crippen LogP contribution in [0.4, 0.5) is 0 Å². The predicted molar refractivity (Wildman–Crippen MR) is 65.2 cm³/mol. The van der Waals surface area contributed by atoms with Gasteiger partial charge in [0.15, 0.2) is 0 Å². The van der Waals surface area contributed by atoms with E-state index in [4.69, 9.17) is 4.74 Å². The van der Waals surface area contributed by atoms with Crippen molar-refractivity contribution in [2.45, 2.75) is 46.0 Å². The van der Waals surface area contributed by atoms with Crippen LogP contribution >= 0.6 is 0 Å². The molecule has 0 aromatic heterocycles. The summed E-state index contributed by atoms with van der Waals surface area (Å²) in [6.45, 7) is 4.88. The molecule has 0 radical (unpaired) electrons. The lowest BCUT2D eigenvalue weighted by atomic mass is 10.1. The van der Waals surface area contributed by atoms with Gasteiger partial charge in [0.1, 0.15) is 0 Å². The molecule has 0 aliphatic carbocycles. The van der Waals surface area contributed by atoms with Crippen LogP contribution in [0, 0.1) is 0 Å². The summed E-state index contributed by atoms with van der Waals surface area (Å²) in [4.78, 5) is 25.1. The minimum atomic E-state index is -0.255. The van der Waals surface area contributed by atoms with Gasteiger partial charge in [0, 0.05) is 18.7 Å². The first kappa shape index (κ1) is 13.7. The Balaban J connectivity index is 2.62. The molecule has 1 rings (SSSR count).